The Hall–Kier alpha value is -1.07. The molecule has 0 spiro atoms. The number of ether oxygens (including phenoxy) is 1. The molecule has 106 valence electrons. The molecule has 1 aromatic carbocycles. The van der Waals surface area contributed by atoms with Crippen molar-refractivity contribution in [1.82, 2.24) is 4.90 Å². The van der Waals surface area contributed by atoms with Gasteiger partial charge in [0.1, 0.15) is 5.75 Å². The van der Waals surface area contributed by atoms with Crippen molar-refractivity contribution in [3.05, 3.63) is 28.2 Å². The van der Waals surface area contributed by atoms with Gasteiger partial charge in [-0.25, -0.2) is 0 Å². The second kappa shape index (κ2) is 8.17. The van der Waals surface area contributed by atoms with Gasteiger partial charge in [-0.3, -0.25) is 4.79 Å². The van der Waals surface area contributed by atoms with Crippen molar-refractivity contribution in [3.63, 3.8) is 0 Å². The molecule has 0 aliphatic heterocycles. The van der Waals surface area contributed by atoms with E-state index < -0.39 is 5.97 Å². The molecule has 19 heavy (non-hydrogen) atoms. The van der Waals surface area contributed by atoms with E-state index in [2.05, 4.69) is 26.9 Å². The van der Waals surface area contributed by atoms with E-state index in [1.807, 2.05) is 19.2 Å². The van der Waals surface area contributed by atoms with Gasteiger partial charge < -0.3 is 14.7 Å². The Kier molecular flexibility index (Phi) is 6.87. The zero-order valence-corrected chi connectivity index (χ0v) is 12.9. The van der Waals surface area contributed by atoms with Gasteiger partial charge in [0.2, 0.25) is 0 Å². The third kappa shape index (κ3) is 6.07. The number of hydrogen-bond donors (Lipinski definition) is 1. The molecule has 0 saturated carbocycles. The van der Waals surface area contributed by atoms with E-state index in [0.717, 1.165) is 35.3 Å². The number of halogens is 1. The number of nitrogens with zero attached hydrogens (tertiary/aromatic N) is 1. The molecule has 4 nitrogen and oxygen atoms in total. The standard InChI is InChI=1S/C14H20BrNO3/c1-16(8-3-4-14(17)18)9-7-11-10-12(15)5-6-13(11)19-2/h5-6,10H,3-4,7-9H2,1-2H3,(H,17,18). The zero-order valence-electron chi connectivity index (χ0n) is 11.4. The maximum Gasteiger partial charge on any atom is 0.303 e. The Morgan fingerprint density at radius 2 is 2.16 bits per heavy atom. The number of carboxylic acid groups (broad SMARTS) is 1. The predicted octanol–water partition coefficient (Wildman–Crippen LogP) is 2.80. The van der Waals surface area contributed by atoms with Gasteiger partial charge in [-0.15, -0.1) is 0 Å². The van der Waals surface area contributed by atoms with Gasteiger partial charge in [-0.2, -0.15) is 0 Å². The predicted molar refractivity (Wildman–Crippen MR) is 78.8 cm³/mol. The maximum absolute atomic E-state index is 10.4. The first-order valence-electron chi connectivity index (χ1n) is 6.25. The van der Waals surface area contributed by atoms with Gasteiger partial charge in [-0.1, -0.05) is 15.9 Å². The number of benzene rings is 1. The summed E-state index contributed by atoms with van der Waals surface area (Å²) >= 11 is 3.46. The summed E-state index contributed by atoms with van der Waals surface area (Å²) in [6, 6.07) is 5.96. The molecule has 0 fully saturated rings. The van der Waals surface area contributed by atoms with Gasteiger partial charge in [0.15, 0.2) is 0 Å². The lowest BCUT2D eigenvalue weighted by atomic mass is 10.1. The van der Waals surface area contributed by atoms with Crippen LogP contribution in [0.25, 0.3) is 0 Å². The largest absolute Gasteiger partial charge is 0.496 e. The number of carbonyl (C=O) groups is 1. The summed E-state index contributed by atoms with van der Waals surface area (Å²) in [6.07, 6.45) is 1.79. The number of hydrogen-bond acceptors (Lipinski definition) is 3. The lowest BCUT2D eigenvalue weighted by Crippen LogP contribution is -2.23. The Morgan fingerprint density at radius 1 is 1.42 bits per heavy atom. The van der Waals surface area contributed by atoms with Crippen LogP contribution < -0.4 is 4.74 Å². The first-order valence-corrected chi connectivity index (χ1v) is 7.05. The Balaban J connectivity index is 2.43. The quantitative estimate of drug-likeness (QED) is 0.796. The molecule has 0 bridgehead atoms. The highest BCUT2D eigenvalue weighted by atomic mass is 79.9. The third-order valence-electron chi connectivity index (χ3n) is 2.94. The van der Waals surface area contributed by atoms with E-state index >= 15 is 0 Å². The maximum atomic E-state index is 10.4. The minimum atomic E-state index is -0.734. The molecule has 1 aromatic rings. The highest BCUT2D eigenvalue weighted by Crippen LogP contribution is 2.23. The molecule has 1 N–H and O–H groups in total. The van der Waals surface area contributed by atoms with Crippen LogP contribution in [0.3, 0.4) is 0 Å². The average Bonchev–Trinajstić information content (AvgIpc) is 2.36. The van der Waals surface area contributed by atoms with Gasteiger partial charge in [0.25, 0.3) is 0 Å². The number of likely N-dealkylation sites (N-methyl/N-ethyl adjacent to an activating group) is 1. The summed E-state index contributed by atoms with van der Waals surface area (Å²) in [7, 11) is 3.68. The summed E-state index contributed by atoms with van der Waals surface area (Å²) in [4.78, 5) is 12.6. The lowest BCUT2D eigenvalue weighted by Gasteiger charge is -2.17. The van der Waals surface area contributed by atoms with E-state index in [1.54, 1.807) is 7.11 Å². The minimum absolute atomic E-state index is 0.227. The van der Waals surface area contributed by atoms with E-state index in [9.17, 15) is 4.79 Å². The molecular weight excluding hydrogens is 310 g/mol. The molecule has 0 radical (unpaired) electrons. The number of rotatable bonds is 8. The number of aliphatic carboxylic acids is 1. The smallest absolute Gasteiger partial charge is 0.303 e. The summed E-state index contributed by atoms with van der Waals surface area (Å²) in [5.74, 6) is 0.157. The summed E-state index contributed by atoms with van der Waals surface area (Å²) in [5.41, 5.74) is 1.15. The normalized spacial score (nSPS) is 10.7. The Morgan fingerprint density at radius 3 is 2.79 bits per heavy atom. The molecule has 5 heteroatoms. The second-order valence-electron chi connectivity index (χ2n) is 4.51. The molecule has 0 amide bonds. The highest BCUT2D eigenvalue weighted by Gasteiger charge is 2.06. The summed E-state index contributed by atoms with van der Waals surface area (Å²) in [6.45, 7) is 1.68. The van der Waals surface area contributed by atoms with Crippen LogP contribution in [0.2, 0.25) is 0 Å². The van der Waals surface area contributed by atoms with Gasteiger partial charge in [0.05, 0.1) is 7.11 Å². The Labute approximate surface area is 122 Å². The molecule has 0 saturated heterocycles. The molecule has 1 rings (SSSR count). The van der Waals surface area contributed by atoms with Crippen LogP contribution in [0.1, 0.15) is 18.4 Å². The molecule has 0 atom stereocenters. The summed E-state index contributed by atoms with van der Waals surface area (Å²) < 4.78 is 6.37. The van der Waals surface area contributed by atoms with Gasteiger partial charge in [-0.05, 0) is 50.2 Å². The van der Waals surface area contributed by atoms with Crippen molar-refractivity contribution in [2.24, 2.45) is 0 Å². The van der Waals surface area contributed by atoms with Crippen LogP contribution in [0.5, 0.6) is 5.75 Å². The minimum Gasteiger partial charge on any atom is -0.496 e. The monoisotopic (exact) mass is 329 g/mol. The first kappa shape index (κ1) is 16.0. The van der Waals surface area contributed by atoms with E-state index in [4.69, 9.17) is 9.84 Å². The number of carboxylic acids is 1. The van der Waals surface area contributed by atoms with E-state index in [1.165, 1.54) is 0 Å². The van der Waals surface area contributed by atoms with E-state index in [0.29, 0.717) is 6.42 Å². The van der Waals surface area contributed by atoms with Crippen LogP contribution in [0, 0.1) is 0 Å². The van der Waals surface area contributed by atoms with Crippen molar-refractivity contribution < 1.29 is 14.6 Å². The SMILES string of the molecule is COc1ccc(Br)cc1CCN(C)CCCC(=O)O. The topological polar surface area (TPSA) is 49.8 Å². The lowest BCUT2D eigenvalue weighted by molar-refractivity contribution is -0.137. The fourth-order valence-corrected chi connectivity index (χ4v) is 2.27. The van der Waals surface area contributed by atoms with Crippen LogP contribution in [0.4, 0.5) is 0 Å². The van der Waals surface area contributed by atoms with Crippen molar-refractivity contribution in [3.8, 4) is 5.75 Å². The molecule has 0 aromatic heterocycles. The molecule has 0 unspecified atom stereocenters. The van der Waals surface area contributed by atoms with Crippen molar-refractivity contribution in [2.45, 2.75) is 19.3 Å². The van der Waals surface area contributed by atoms with Crippen LogP contribution in [-0.2, 0) is 11.2 Å². The molecular formula is C14H20BrNO3. The molecule has 0 aliphatic rings. The number of methoxy groups -OCH3 is 1. The van der Waals surface area contributed by atoms with Crippen LogP contribution >= 0.6 is 15.9 Å². The van der Waals surface area contributed by atoms with Crippen molar-refractivity contribution >= 4 is 21.9 Å². The third-order valence-corrected chi connectivity index (χ3v) is 3.43. The van der Waals surface area contributed by atoms with Crippen molar-refractivity contribution in [1.29, 1.82) is 0 Å². The summed E-state index contributed by atoms with van der Waals surface area (Å²) in [5, 5.41) is 8.59. The Bertz CT molecular complexity index is 423. The highest BCUT2D eigenvalue weighted by molar-refractivity contribution is 9.10. The van der Waals surface area contributed by atoms with Crippen LogP contribution in [-0.4, -0.2) is 43.2 Å². The first-order chi connectivity index (χ1) is 9.02. The van der Waals surface area contributed by atoms with Crippen molar-refractivity contribution in [2.75, 3.05) is 27.2 Å². The van der Waals surface area contributed by atoms with Gasteiger partial charge in [0, 0.05) is 17.4 Å². The molecule has 0 heterocycles. The van der Waals surface area contributed by atoms with Crippen LogP contribution in [0.15, 0.2) is 22.7 Å². The second-order valence-corrected chi connectivity index (χ2v) is 5.42. The molecule has 0 aliphatic carbocycles. The average molecular weight is 330 g/mol. The zero-order chi connectivity index (χ0) is 14.3. The van der Waals surface area contributed by atoms with E-state index in [-0.39, 0.29) is 6.42 Å². The fourth-order valence-electron chi connectivity index (χ4n) is 1.87. The van der Waals surface area contributed by atoms with Gasteiger partial charge >= 0.3 is 5.97 Å². The fraction of sp³-hybridized carbons (Fsp3) is 0.500.